The van der Waals surface area contributed by atoms with Crippen molar-refractivity contribution in [2.75, 3.05) is 25.0 Å². The highest BCUT2D eigenvalue weighted by Crippen LogP contribution is 2.22. The first-order valence-corrected chi connectivity index (χ1v) is 9.60. The van der Waals surface area contributed by atoms with Gasteiger partial charge >= 0.3 is 12.1 Å². The van der Waals surface area contributed by atoms with Crippen LogP contribution in [0.25, 0.3) is 6.08 Å². The molecule has 0 unspecified atom stereocenters. The fourth-order valence-corrected chi connectivity index (χ4v) is 2.87. The Morgan fingerprint density at radius 2 is 1.96 bits per heavy atom. The van der Waals surface area contributed by atoms with Gasteiger partial charge in [0.25, 0.3) is 0 Å². The molecule has 0 radical (unpaired) electrons. The van der Waals surface area contributed by atoms with Gasteiger partial charge in [-0.15, -0.1) is 0 Å². The molecule has 1 aliphatic heterocycles. The smallest absolute Gasteiger partial charge is 0.410 e. The third kappa shape index (κ3) is 6.51. The Labute approximate surface area is 166 Å². The van der Waals surface area contributed by atoms with Crippen LogP contribution in [0, 0.1) is 6.92 Å². The third-order valence-corrected chi connectivity index (χ3v) is 4.24. The maximum Gasteiger partial charge on any atom is 0.410 e. The summed E-state index contributed by atoms with van der Waals surface area (Å²) in [6, 6.07) is 0.169. The molecule has 1 aliphatic rings. The highest BCUT2D eigenvalue weighted by Gasteiger charge is 2.27. The van der Waals surface area contributed by atoms with Crippen molar-refractivity contribution >= 4 is 24.0 Å². The van der Waals surface area contributed by atoms with Gasteiger partial charge in [0.1, 0.15) is 17.7 Å². The molecule has 0 aromatic carbocycles. The summed E-state index contributed by atoms with van der Waals surface area (Å²) in [5.74, 6) is 0.270. The second-order valence-electron chi connectivity index (χ2n) is 7.69. The maximum absolute atomic E-state index is 12.2. The van der Waals surface area contributed by atoms with Crippen molar-refractivity contribution in [1.82, 2.24) is 14.9 Å². The Hall–Kier alpha value is -2.64. The number of esters is 1. The summed E-state index contributed by atoms with van der Waals surface area (Å²) in [5.41, 5.74) is 1.03. The first-order chi connectivity index (χ1) is 13.2. The van der Waals surface area contributed by atoms with Crippen LogP contribution in [0.1, 0.15) is 51.8 Å². The van der Waals surface area contributed by atoms with Crippen molar-refractivity contribution in [3.8, 4) is 0 Å². The molecule has 1 N–H and O–H groups in total. The van der Waals surface area contributed by atoms with Gasteiger partial charge in [0.2, 0.25) is 0 Å². The van der Waals surface area contributed by atoms with Gasteiger partial charge in [0, 0.05) is 30.8 Å². The molecule has 154 valence electrons. The standard InChI is InChI=1S/C20H30N4O4/c1-6-27-17(25)8-7-16-14(2)21-13-22-18(16)23-15-9-11-24(12-10-15)19(26)28-20(3,4)5/h7-8,13,15H,6,9-12H2,1-5H3,(H,21,22,23)/b8-7+. The van der Waals surface area contributed by atoms with Crippen LogP contribution in [0.4, 0.5) is 10.6 Å². The minimum Gasteiger partial charge on any atom is -0.463 e. The summed E-state index contributed by atoms with van der Waals surface area (Å²) in [6.45, 7) is 10.8. The summed E-state index contributed by atoms with van der Waals surface area (Å²) in [5, 5.41) is 3.42. The summed E-state index contributed by atoms with van der Waals surface area (Å²) >= 11 is 0. The van der Waals surface area contributed by atoms with Crippen molar-refractivity contribution in [3.63, 3.8) is 0 Å². The van der Waals surface area contributed by atoms with Crippen molar-refractivity contribution in [3.05, 3.63) is 23.7 Å². The molecule has 1 aromatic heterocycles. The molecule has 2 heterocycles. The Balaban J connectivity index is 1.99. The lowest BCUT2D eigenvalue weighted by atomic mass is 10.0. The molecule has 8 nitrogen and oxygen atoms in total. The molecule has 2 rings (SSSR count). The van der Waals surface area contributed by atoms with E-state index in [1.807, 2.05) is 27.7 Å². The number of carbonyl (C=O) groups is 2. The van der Waals surface area contributed by atoms with Crippen LogP contribution >= 0.6 is 0 Å². The van der Waals surface area contributed by atoms with Crippen molar-refractivity contribution < 1.29 is 19.1 Å². The first kappa shape index (κ1) is 21.7. The van der Waals surface area contributed by atoms with Gasteiger partial charge in [-0.25, -0.2) is 19.6 Å². The molecule has 0 aliphatic carbocycles. The number of carbonyl (C=O) groups excluding carboxylic acids is 2. The summed E-state index contributed by atoms with van der Waals surface area (Å²) < 4.78 is 10.4. The number of piperidine rings is 1. The highest BCUT2D eigenvalue weighted by molar-refractivity contribution is 5.88. The van der Waals surface area contributed by atoms with Crippen LogP contribution in [-0.2, 0) is 14.3 Å². The fourth-order valence-electron chi connectivity index (χ4n) is 2.87. The van der Waals surface area contributed by atoms with E-state index in [1.165, 1.54) is 12.4 Å². The predicted octanol–water partition coefficient (Wildman–Crippen LogP) is 3.17. The number of aryl methyl sites for hydroxylation is 1. The Bertz CT molecular complexity index is 719. The minimum atomic E-state index is -0.495. The zero-order valence-electron chi connectivity index (χ0n) is 17.3. The number of anilines is 1. The van der Waals surface area contributed by atoms with Gasteiger partial charge in [0.05, 0.1) is 12.3 Å². The zero-order valence-corrected chi connectivity index (χ0v) is 17.3. The van der Waals surface area contributed by atoms with E-state index in [4.69, 9.17) is 9.47 Å². The van der Waals surface area contributed by atoms with Crippen LogP contribution in [-0.4, -0.2) is 58.3 Å². The lowest BCUT2D eigenvalue weighted by Gasteiger charge is -2.34. The molecule has 1 aromatic rings. The van der Waals surface area contributed by atoms with E-state index in [2.05, 4.69) is 15.3 Å². The number of hydrogen-bond acceptors (Lipinski definition) is 7. The van der Waals surface area contributed by atoms with Crippen LogP contribution in [0.5, 0.6) is 0 Å². The molecule has 8 heteroatoms. The number of nitrogens with one attached hydrogen (secondary N) is 1. The van der Waals surface area contributed by atoms with E-state index >= 15 is 0 Å². The molecule has 0 atom stereocenters. The largest absolute Gasteiger partial charge is 0.463 e. The molecule has 0 saturated carbocycles. The first-order valence-electron chi connectivity index (χ1n) is 9.60. The summed E-state index contributed by atoms with van der Waals surface area (Å²) in [6.07, 6.45) is 5.83. The Morgan fingerprint density at radius 1 is 1.29 bits per heavy atom. The van der Waals surface area contributed by atoms with Crippen molar-refractivity contribution in [2.45, 2.75) is 59.1 Å². The average Bonchev–Trinajstić information content (AvgIpc) is 2.60. The minimum absolute atomic E-state index is 0.169. The molecule has 1 saturated heterocycles. The lowest BCUT2D eigenvalue weighted by Crippen LogP contribution is -2.44. The fraction of sp³-hybridized carbons (Fsp3) is 0.600. The monoisotopic (exact) mass is 390 g/mol. The number of hydrogen-bond donors (Lipinski definition) is 1. The lowest BCUT2D eigenvalue weighted by molar-refractivity contribution is -0.137. The van der Waals surface area contributed by atoms with Crippen LogP contribution < -0.4 is 5.32 Å². The predicted molar refractivity (Wildman–Crippen MR) is 107 cm³/mol. The topological polar surface area (TPSA) is 93.6 Å². The summed E-state index contributed by atoms with van der Waals surface area (Å²) in [7, 11) is 0. The van der Waals surface area contributed by atoms with Gasteiger partial charge in [-0.05, 0) is 53.5 Å². The molecule has 0 spiro atoms. The molecule has 0 bridgehead atoms. The van der Waals surface area contributed by atoms with Gasteiger partial charge in [0.15, 0.2) is 0 Å². The number of likely N-dealkylation sites (tertiary alicyclic amines) is 1. The SMILES string of the molecule is CCOC(=O)/C=C/c1c(C)ncnc1NC1CCN(C(=O)OC(C)(C)C)CC1. The normalized spacial score (nSPS) is 15.5. The van der Waals surface area contributed by atoms with E-state index < -0.39 is 11.6 Å². The van der Waals surface area contributed by atoms with Gasteiger partial charge < -0.3 is 19.7 Å². The molecule has 1 fully saturated rings. The molecular formula is C20H30N4O4. The van der Waals surface area contributed by atoms with Crippen LogP contribution in [0.3, 0.4) is 0 Å². The Kier molecular flexibility index (Phi) is 7.37. The zero-order chi connectivity index (χ0) is 20.7. The second kappa shape index (κ2) is 9.52. The van der Waals surface area contributed by atoms with Gasteiger partial charge in [-0.2, -0.15) is 0 Å². The maximum atomic E-state index is 12.2. The number of rotatable bonds is 5. The van der Waals surface area contributed by atoms with Crippen molar-refractivity contribution in [2.24, 2.45) is 0 Å². The summed E-state index contributed by atoms with van der Waals surface area (Å²) in [4.78, 5) is 34.1. The quantitative estimate of drug-likeness (QED) is 0.609. The molecule has 1 amide bonds. The van der Waals surface area contributed by atoms with Crippen LogP contribution in [0.2, 0.25) is 0 Å². The van der Waals surface area contributed by atoms with E-state index in [-0.39, 0.29) is 12.1 Å². The third-order valence-electron chi connectivity index (χ3n) is 4.24. The van der Waals surface area contributed by atoms with E-state index in [0.717, 1.165) is 24.1 Å². The average molecular weight is 390 g/mol. The van der Waals surface area contributed by atoms with Crippen LogP contribution in [0.15, 0.2) is 12.4 Å². The number of aromatic nitrogens is 2. The van der Waals surface area contributed by atoms with E-state index in [1.54, 1.807) is 17.9 Å². The van der Waals surface area contributed by atoms with E-state index in [9.17, 15) is 9.59 Å². The van der Waals surface area contributed by atoms with Crippen molar-refractivity contribution in [1.29, 1.82) is 0 Å². The van der Waals surface area contributed by atoms with E-state index in [0.29, 0.717) is 25.5 Å². The number of nitrogens with zero attached hydrogens (tertiary/aromatic N) is 3. The number of amides is 1. The Morgan fingerprint density at radius 3 is 2.57 bits per heavy atom. The van der Waals surface area contributed by atoms with Gasteiger partial charge in [-0.1, -0.05) is 0 Å². The second-order valence-corrected chi connectivity index (χ2v) is 7.69. The number of ether oxygens (including phenoxy) is 2. The highest BCUT2D eigenvalue weighted by atomic mass is 16.6. The van der Waals surface area contributed by atoms with Gasteiger partial charge in [-0.3, -0.25) is 0 Å². The molecular weight excluding hydrogens is 360 g/mol. The molecule has 28 heavy (non-hydrogen) atoms.